The highest BCUT2D eigenvalue weighted by Crippen LogP contribution is 2.52. The summed E-state index contributed by atoms with van der Waals surface area (Å²) in [5, 5.41) is 25.7. The molecule has 1 aliphatic heterocycles. The maximum atomic E-state index is 15.6. The maximum Gasteiger partial charge on any atom is 0.347 e. The average Bonchev–Trinajstić information content (AvgIpc) is 3.43. The number of carboxylic acid groups (broad SMARTS) is 1. The van der Waals surface area contributed by atoms with Gasteiger partial charge in [0.1, 0.15) is 21.9 Å². The van der Waals surface area contributed by atoms with E-state index in [1.54, 1.807) is 0 Å². The molecular weight excluding hydrogens is 569 g/mol. The van der Waals surface area contributed by atoms with Gasteiger partial charge in [-0.1, -0.05) is 73.5 Å². The lowest BCUT2D eigenvalue weighted by atomic mass is 9.62. The van der Waals surface area contributed by atoms with Crippen molar-refractivity contribution in [3.63, 3.8) is 0 Å². The van der Waals surface area contributed by atoms with Gasteiger partial charge in [0.25, 0.3) is 0 Å². The molecule has 0 saturated carbocycles. The number of carbonyl (C=O) groups excluding carboxylic acids is 1. The highest BCUT2D eigenvalue weighted by molar-refractivity contribution is 7.17. The lowest BCUT2D eigenvalue weighted by Gasteiger charge is -2.37. The third kappa shape index (κ3) is 5.50. The number of aromatic nitrogens is 1. The first kappa shape index (κ1) is 28.9. The van der Waals surface area contributed by atoms with Crippen molar-refractivity contribution >= 4 is 51.5 Å². The molecule has 0 bridgehead atoms. The molecule has 2 aromatic carbocycles. The van der Waals surface area contributed by atoms with Crippen LogP contribution in [0, 0.1) is 28.4 Å². The first-order chi connectivity index (χ1) is 18.3. The summed E-state index contributed by atoms with van der Waals surface area (Å²) in [6.07, 6.45) is 1.41. The van der Waals surface area contributed by atoms with E-state index in [-0.39, 0.29) is 31.2 Å². The van der Waals surface area contributed by atoms with E-state index in [2.05, 4.69) is 21.7 Å². The van der Waals surface area contributed by atoms with Gasteiger partial charge in [0, 0.05) is 22.5 Å². The second-order valence-corrected chi connectivity index (χ2v) is 12.4. The average molecular weight is 593 g/mol. The molecule has 0 unspecified atom stereocenters. The van der Waals surface area contributed by atoms with E-state index >= 15 is 8.78 Å². The molecule has 39 heavy (non-hydrogen) atoms. The van der Waals surface area contributed by atoms with Crippen molar-refractivity contribution in [3.05, 3.63) is 80.3 Å². The summed E-state index contributed by atoms with van der Waals surface area (Å²) >= 11 is 12.9. The molecule has 3 N–H and O–H groups in total. The molecular formula is C27H24Cl2F2N4O3S. The van der Waals surface area contributed by atoms with Gasteiger partial charge in [-0.3, -0.25) is 4.79 Å². The Kier molecular flexibility index (Phi) is 8.01. The molecule has 1 fully saturated rings. The minimum absolute atomic E-state index is 0.00372. The Bertz CT molecular complexity index is 1490. The van der Waals surface area contributed by atoms with Gasteiger partial charge >= 0.3 is 5.97 Å². The molecule has 0 aliphatic carbocycles. The van der Waals surface area contributed by atoms with Crippen molar-refractivity contribution in [3.8, 4) is 6.07 Å². The predicted molar refractivity (Wildman–Crippen MR) is 145 cm³/mol. The number of thiazole rings is 1. The number of anilines is 1. The van der Waals surface area contributed by atoms with Gasteiger partial charge in [-0.05, 0) is 35.6 Å². The number of carboxylic acids is 1. The second-order valence-electron chi connectivity index (χ2n) is 10.5. The van der Waals surface area contributed by atoms with E-state index in [9.17, 15) is 20.0 Å². The molecule has 204 valence electrons. The first-order valence-corrected chi connectivity index (χ1v) is 13.4. The van der Waals surface area contributed by atoms with Crippen molar-refractivity contribution in [1.29, 1.82) is 5.26 Å². The number of hydrogen-bond acceptors (Lipinski definition) is 6. The van der Waals surface area contributed by atoms with E-state index in [4.69, 9.17) is 23.2 Å². The number of halogens is 4. The summed E-state index contributed by atoms with van der Waals surface area (Å²) in [5.74, 6) is -4.77. The SMILES string of the molecule is CC(C)(C)C[C@@H]1N[C@@H](C(=O)Nc2ncc(C(=O)O)s2)[C@H](c2cccc(Cl)c2F)[C@@]1(C#N)c1ccc(Cl)cc1F. The number of amides is 1. The Morgan fingerprint density at radius 2 is 1.97 bits per heavy atom. The van der Waals surface area contributed by atoms with E-state index in [1.165, 1.54) is 30.3 Å². The fourth-order valence-electron chi connectivity index (χ4n) is 5.17. The lowest BCUT2D eigenvalue weighted by molar-refractivity contribution is -0.118. The number of aromatic carboxylic acids is 1. The Morgan fingerprint density at radius 1 is 1.26 bits per heavy atom. The summed E-state index contributed by atoms with van der Waals surface area (Å²) in [6, 6.07) is 8.34. The van der Waals surface area contributed by atoms with Crippen LogP contribution in [-0.2, 0) is 10.2 Å². The number of nitrogens with one attached hydrogen (secondary N) is 2. The van der Waals surface area contributed by atoms with Crippen molar-refractivity contribution in [2.75, 3.05) is 5.32 Å². The van der Waals surface area contributed by atoms with Gasteiger partial charge in [0.2, 0.25) is 5.91 Å². The largest absolute Gasteiger partial charge is 0.477 e. The zero-order chi connectivity index (χ0) is 28.7. The summed E-state index contributed by atoms with van der Waals surface area (Å²) < 4.78 is 31.3. The molecule has 12 heteroatoms. The van der Waals surface area contributed by atoms with Crippen LogP contribution < -0.4 is 10.6 Å². The van der Waals surface area contributed by atoms with Gasteiger partial charge in [0.15, 0.2) is 5.13 Å². The van der Waals surface area contributed by atoms with E-state index in [1.807, 2.05) is 20.8 Å². The van der Waals surface area contributed by atoms with Crippen LogP contribution in [0.25, 0.3) is 0 Å². The van der Waals surface area contributed by atoms with E-state index in [0.717, 1.165) is 23.6 Å². The van der Waals surface area contributed by atoms with Gasteiger partial charge in [-0.2, -0.15) is 5.26 Å². The van der Waals surface area contributed by atoms with E-state index in [0.29, 0.717) is 6.42 Å². The molecule has 1 aliphatic rings. The van der Waals surface area contributed by atoms with Crippen molar-refractivity contribution in [1.82, 2.24) is 10.3 Å². The number of carbonyl (C=O) groups is 2. The topological polar surface area (TPSA) is 115 Å². The predicted octanol–water partition coefficient (Wildman–Crippen LogP) is 6.39. The van der Waals surface area contributed by atoms with Gasteiger partial charge < -0.3 is 15.7 Å². The quantitative estimate of drug-likeness (QED) is 0.305. The second kappa shape index (κ2) is 10.8. The van der Waals surface area contributed by atoms with Crippen LogP contribution in [0.15, 0.2) is 42.6 Å². The molecule has 4 atom stereocenters. The van der Waals surface area contributed by atoms with Crippen LogP contribution >= 0.6 is 34.5 Å². The monoisotopic (exact) mass is 592 g/mol. The van der Waals surface area contributed by atoms with Crippen molar-refractivity contribution in [2.24, 2.45) is 5.41 Å². The summed E-state index contributed by atoms with van der Waals surface area (Å²) in [6.45, 7) is 5.79. The molecule has 4 rings (SSSR count). The number of hydrogen-bond donors (Lipinski definition) is 3. The Hall–Kier alpha value is -3.10. The Labute approximate surface area is 237 Å². The Morgan fingerprint density at radius 3 is 2.56 bits per heavy atom. The lowest BCUT2D eigenvalue weighted by Crippen LogP contribution is -2.44. The van der Waals surface area contributed by atoms with E-state index < -0.39 is 52.3 Å². The molecule has 7 nitrogen and oxygen atoms in total. The number of rotatable bonds is 6. The highest BCUT2D eigenvalue weighted by Gasteiger charge is 2.61. The normalized spacial score (nSPS) is 22.9. The molecule has 1 saturated heterocycles. The van der Waals surface area contributed by atoms with Gasteiger partial charge in [-0.25, -0.2) is 18.6 Å². The first-order valence-electron chi connectivity index (χ1n) is 11.8. The smallest absolute Gasteiger partial charge is 0.347 e. The van der Waals surface area contributed by atoms with Crippen LogP contribution in [0.1, 0.15) is 53.9 Å². The van der Waals surface area contributed by atoms with Gasteiger partial charge in [-0.15, -0.1) is 0 Å². The zero-order valence-electron chi connectivity index (χ0n) is 21.1. The maximum absolute atomic E-state index is 15.6. The fraction of sp³-hybridized carbons (Fsp3) is 0.333. The number of nitrogens with zero attached hydrogens (tertiary/aromatic N) is 2. The molecule has 1 aromatic heterocycles. The van der Waals surface area contributed by atoms with Crippen LogP contribution in [-0.4, -0.2) is 34.1 Å². The molecule has 0 spiro atoms. The molecule has 2 heterocycles. The summed E-state index contributed by atoms with van der Waals surface area (Å²) in [4.78, 5) is 28.9. The zero-order valence-corrected chi connectivity index (χ0v) is 23.4. The van der Waals surface area contributed by atoms with Crippen LogP contribution in [0.5, 0.6) is 0 Å². The Balaban J connectivity index is 1.94. The van der Waals surface area contributed by atoms with Gasteiger partial charge in [0.05, 0.1) is 23.3 Å². The summed E-state index contributed by atoms with van der Waals surface area (Å²) in [7, 11) is 0. The van der Waals surface area contributed by atoms with Crippen LogP contribution in [0.2, 0.25) is 10.0 Å². The van der Waals surface area contributed by atoms with Crippen molar-refractivity contribution < 1.29 is 23.5 Å². The third-order valence-electron chi connectivity index (χ3n) is 6.68. The molecule has 3 aromatic rings. The van der Waals surface area contributed by atoms with Crippen LogP contribution in [0.3, 0.4) is 0 Å². The minimum Gasteiger partial charge on any atom is -0.477 e. The van der Waals surface area contributed by atoms with Crippen LogP contribution in [0.4, 0.5) is 13.9 Å². The summed E-state index contributed by atoms with van der Waals surface area (Å²) in [5.41, 5.74) is -2.26. The standard InChI is InChI=1S/C27H24Cl2F2N4O3S/c1-26(2,3)10-19-27(12-32,15-8-7-13(28)9-17(15)30)20(14-5-4-6-16(29)21(14)31)22(34-19)23(36)35-25-33-11-18(39-25)24(37)38/h4-9,11,19-20,22,34H,10H2,1-3H3,(H,37,38)(H,33,35,36)/t19-,20-,22+,27-/m0/s1. The van der Waals surface area contributed by atoms with Crippen molar-refractivity contribution in [2.45, 2.75) is 50.6 Å². The third-order valence-corrected chi connectivity index (χ3v) is 8.11. The molecule has 0 radical (unpaired) electrons. The highest BCUT2D eigenvalue weighted by atomic mass is 35.5. The molecule has 1 amide bonds. The minimum atomic E-state index is -1.77. The number of benzene rings is 2. The fourth-order valence-corrected chi connectivity index (χ4v) is 6.17. The number of nitriles is 1.